The van der Waals surface area contributed by atoms with Crippen LogP contribution in [0.2, 0.25) is 10.0 Å². The Bertz CT molecular complexity index is 1210. The normalized spacial score (nSPS) is 14.9. The van der Waals surface area contributed by atoms with Crippen molar-refractivity contribution in [2.75, 3.05) is 5.01 Å². The van der Waals surface area contributed by atoms with E-state index in [2.05, 4.69) is 5.10 Å². The third kappa shape index (κ3) is 3.83. The van der Waals surface area contributed by atoms with Gasteiger partial charge in [-0.05, 0) is 35.9 Å². The van der Waals surface area contributed by atoms with Gasteiger partial charge in [-0.2, -0.15) is 10.1 Å². The van der Waals surface area contributed by atoms with Gasteiger partial charge in [-0.15, -0.1) is 0 Å². The van der Waals surface area contributed by atoms with Crippen molar-refractivity contribution in [3.8, 4) is 0 Å². The van der Waals surface area contributed by atoms with E-state index < -0.39 is 4.92 Å². The van der Waals surface area contributed by atoms with E-state index in [-0.39, 0.29) is 11.6 Å². The van der Waals surface area contributed by atoms with Gasteiger partial charge in [0.1, 0.15) is 5.71 Å². The van der Waals surface area contributed by atoms with E-state index in [1.54, 1.807) is 24.3 Å². The van der Waals surface area contributed by atoms with Gasteiger partial charge in [0.2, 0.25) is 0 Å². The molecule has 0 radical (unpaired) electrons. The Labute approximate surface area is 181 Å². The van der Waals surface area contributed by atoms with E-state index >= 15 is 0 Å². The summed E-state index contributed by atoms with van der Waals surface area (Å²) >= 11 is 12.3. The summed E-state index contributed by atoms with van der Waals surface area (Å²) < 4.78 is 0. The maximum Gasteiger partial charge on any atom is 0.281 e. The SMILES string of the molecule is O=C1/C(=C\c2ccc(Cl)cc2Cl)C(c2ccccc2)=NN1c1ccc([N+](=O)[O-])cc1. The number of halogens is 2. The van der Waals surface area contributed by atoms with Crippen LogP contribution in [0.15, 0.2) is 83.5 Å². The van der Waals surface area contributed by atoms with Crippen LogP contribution in [0.3, 0.4) is 0 Å². The predicted molar refractivity (Wildman–Crippen MR) is 118 cm³/mol. The molecule has 8 heteroatoms. The summed E-state index contributed by atoms with van der Waals surface area (Å²) in [4.78, 5) is 23.6. The summed E-state index contributed by atoms with van der Waals surface area (Å²) in [6, 6.07) is 19.9. The van der Waals surface area contributed by atoms with Gasteiger partial charge >= 0.3 is 0 Å². The highest BCUT2D eigenvalue weighted by Gasteiger charge is 2.32. The Morgan fingerprint density at radius 1 is 0.967 bits per heavy atom. The molecule has 3 aromatic rings. The largest absolute Gasteiger partial charge is 0.281 e. The molecular formula is C22H13Cl2N3O3. The number of hydrazone groups is 1. The highest BCUT2D eigenvalue weighted by molar-refractivity contribution is 6.39. The molecule has 1 heterocycles. The zero-order valence-electron chi connectivity index (χ0n) is 15.3. The first kappa shape index (κ1) is 19.8. The first-order valence-corrected chi connectivity index (χ1v) is 9.60. The van der Waals surface area contributed by atoms with E-state index in [1.807, 2.05) is 30.3 Å². The summed E-state index contributed by atoms with van der Waals surface area (Å²) in [6.45, 7) is 0. The first-order chi connectivity index (χ1) is 14.4. The molecule has 0 unspecified atom stereocenters. The molecule has 0 aromatic heterocycles. The third-order valence-electron chi connectivity index (χ3n) is 4.49. The molecule has 30 heavy (non-hydrogen) atoms. The van der Waals surface area contributed by atoms with Gasteiger partial charge in [0, 0.05) is 27.7 Å². The number of nitro benzene ring substituents is 1. The molecule has 0 bridgehead atoms. The number of benzene rings is 3. The van der Waals surface area contributed by atoms with E-state index in [0.717, 1.165) is 5.56 Å². The Balaban J connectivity index is 1.81. The molecule has 0 saturated heterocycles. The maximum absolute atomic E-state index is 13.2. The minimum absolute atomic E-state index is 0.0682. The summed E-state index contributed by atoms with van der Waals surface area (Å²) in [5.41, 5.74) is 2.56. The van der Waals surface area contributed by atoms with Gasteiger partial charge in [-0.3, -0.25) is 14.9 Å². The molecule has 6 nitrogen and oxygen atoms in total. The average Bonchev–Trinajstić information content (AvgIpc) is 3.07. The Hall–Kier alpha value is -3.48. The van der Waals surface area contributed by atoms with Crippen molar-refractivity contribution in [1.82, 2.24) is 0 Å². The lowest BCUT2D eigenvalue weighted by atomic mass is 10.0. The van der Waals surface area contributed by atoms with Crippen LogP contribution >= 0.6 is 23.2 Å². The molecule has 1 amide bonds. The minimum atomic E-state index is -0.498. The third-order valence-corrected chi connectivity index (χ3v) is 5.05. The van der Waals surface area contributed by atoms with Crippen molar-refractivity contribution in [3.05, 3.63) is 110 Å². The van der Waals surface area contributed by atoms with Crippen LogP contribution < -0.4 is 5.01 Å². The topological polar surface area (TPSA) is 75.8 Å². The molecule has 148 valence electrons. The zero-order chi connectivity index (χ0) is 21.3. The second kappa shape index (κ2) is 8.10. The summed E-state index contributed by atoms with van der Waals surface area (Å²) in [7, 11) is 0. The van der Waals surface area contributed by atoms with Crippen molar-refractivity contribution in [1.29, 1.82) is 0 Å². The van der Waals surface area contributed by atoms with Crippen molar-refractivity contribution in [3.63, 3.8) is 0 Å². The van der Waals surface area contributed by atoms with Crippen LogP contribution in [0, 0.1) is 10.1 Å². The summed E-state index contributed by atoms with van der Waals surface area (Å²) in [6.07, 6.45) is 1.66. The lowest BCUT2D eigenvalue weighted by molar-refractivity contribution is -0.384. The van der Waals surface area contributed by atoms with Crippen LogP contribution in [-0.2, 0) is 4.79 Å². The second-order valence-corrected chi connectivity index (χ2v) is 7.27. The number of amides is 1. The summed E-state index contributed by atoms with van der Waals surface area (Å²) in [5, 5.41) is 17.5. The number of carbonyl (C=O) groups excluding carboxylic acids is 1. The molecule has 0 aliphatic carbocycles. The quantitative estimate of drug-likeness (QED) is 0.296. The number of hydrogen-bond donors (Lipinski definition) is 0. The number of rotatable bonds is 4. The second-order valence-electron chi connectivity index (χ2n) is 6.43. The molecular weight excluding hydrogens is 425 g/mol. The van der Waals surface area contributed by atoms with Crippen LogP contribution in [0.1, 0.15) is 11.1 Å². The lowest BCUT2D eigenvalue weighted by Gasteiger charge is -2.11. The van der Waals surface area contributed by atoms with Gasteiger partial charge < -0.3 is 0 Å². The van der Waals surface area contributed by atoms with Gasteiger partial charge in [0.25, 0.3) is 11.6 Å². The van der Waals surface area contributed by atoms with Gasteiger partial charge in [-0.1, -0.05) is 59.6 Å². The number of nitrogens with zero attached hydrogens (tertiary/aromatic N) is 3. The number of anilines is 1. The first-order valence-electron chi connectivity index (χ1n) is 8.84. The van der Waals surface area contributed by atoms with E-state index in [0.29, 0.717) is 32.6 Å². The Kier molecular flexibility index (Phi) is 5.35. The molecule has 1 aliphatic heterocycles. The molecule has 4 rings (SSSR count). The number of hydrogen-bond acceptors (Lipinski definition) is 4. The van der Waals surface area contributed by atoms with Crippen molar-refractivity contribution >= 4 is 52.3 Å². The van der Waals surface area contributed by atoms with Crippen LogP contribution in [-0.4, -0.2) is 16.5 Å². The number of non-ortho nitro benzene ring substituents is 1. The summed E-state index contributed by atoms with van der Waals surface area (Å²) in [5.74, 6) is -0.367. The van der Waals surface area contributed by atoms with E-state index in [4.69, 9.17) is 23.2 Å². The van der Waals surface area contributed by atoms with Crippen LogP contribution in [0.25, 0.3) is 6.08 Å². The van der Waals surface area contributed by atoms with E-state index in [9.17, 15) is 14.9 Å². The molecule has 0 N–H and O–H groups in total. The van der Waals surface area contributed by atoms with Gasteiger partial charge in [0.05, 0.1) is 16.2 Å². The minimum Gasteiger partial charge on any atom is -0.267 e. The van der Waals surface area contributed by atoms with Gasteiger partial charge in [-0.25, -0.2) is 0 Å². The maximum atomic E-state index is 13.2. The average molecular weight is 438 g/mol. The van der Waals surface area contributed by atoms with Crippen molar-refractivity contribution < 1.29 is 9.72 Å². The molecule has 0 saturated carbocycles. The fourth-order valence-corrected chi connectivity index (χ4v) is 3.48. The van der Waals surface area contributed by atoms with Crippen LogP contribution in [0.4, 0.5) is 11.4 Å². The Morgan fingerprint density at radius 2 is 1.67 bits per heavy atom. The van der Waals surface area contributed by atoms with Gasteiger partial charge in [0.15, 0.2) is 0 Å². The molecule has 1 aliphatic rings. The highest BCUT2D eigenvalue weighted by Crippen LogP contribution is 2.31. The monoisotopic (exact) mass is 437 g/mol. The van der Waals surface area contributed by atoms with Crippen molar-refractivity contribution in [2.45, 2.75) is 0 Å². The molecule has 0 spiro atoms. The van der Waals surface area contributed by atoms with E-state index in [1.165, 1.54) is 29.3 Å². The highest BCUT2D eigenvalue weighted by atomic mass is 35.5. The molecule has 0 fully saturated rings. The number of carbonyl (C=O) groups is 1. The Morgan fingerprint density at radius 3 is 2.30 bits per heavy atom. The molecule has 3 aromatic carbocycles. The fourth-order valence-electron chi connectivity index (χ4n) is 3.02. The smallest absolute Gasteiger partial charge is 0.267 e. The standard InChI is InChI=1S/C22H13Cl2N3O3/c23-16-7-6-15(20(24)13-16)12-19-21(14-4-2-1-3-5-14)25-26(22(19)28)17-8-10-18(11-9-17)27(29)30/h1-13H/b19-12-. The van der Waals surface area contributed by atoms with Crippen LogP contribution in [0.5, 0.6) is 0 Å². The zero-order valence-corrected chi connectivity index (χ0v) is 16.8. The fraction of sp³-hybridized carbons (Fsp3) is 0. The predicted octanol–water partition coefficient (Wildman–Crippen LogP) is 5.74. The van der Waals surface area contributed by atoms with Crippen molar-refractivity contribution in [2.24, 2.45) is 5.10 Å². The lowest BCUT2D eigenvalue weighted by Crippen LogP contribution is -2.21. The molecule has 0 atom stereocenters. The number of nitro groups is 1.